The summed E-state index contributed by atoms with van der Waals surface area (Å²) in [6, 6.07) is 0. The van der Waals surface area contributed by atoms with Crippen LogP contribution in [0.25, 0.3) is 0 Å². The monoisotopic (exact) mass is 306 g/mol. The summed E-state index contributed by atoms with van der Waals surface area (Å²) in [5, 5.41) is 0. The van der Waals surface area contributed by atoms with E-state index in [1.54, 1.807) is 0 Å². The SMILES string of the molecule is CCOCCCCOCC(CN1CCN(C)CC1)OS. The van der Waals surface area contributed by atoms with Gasteiger partial charge in [0.05, 0.1) is 6.61 Å². The van der Waals surface area contributed by atoms with Crippen LogP contribution in [0.3, 0.4) is 0 Å². The average molecular weight is 306 g/mol. The number of thiol groups is 1. The van der Waals surface area contributed by atoms with Crippen LogP contribution < -0.4 is 0 Å². The summed E-state index contributed by atoms with van der Waals surface area (Å²) in [6.45, 7) is 10.4. The molecule has 1 unspecified atom stereocenters. The lowest BCUT2D eigenvalue weighted by atomic mass is 10.3. The average Bonchev–Trinajstić information content (AvgIpc) is 2.47. The molecule has 0 radical (unpaired) electrons. The molecule has 0 bridgehead atoms. The molecule has 0 aromatic rings. The first-order valence-electron chi connectivity index (χ1n) is 7.62. The summed E-state index contributed by atoms with van der Waals surface area (Å²) >= 11 is 3.97. The number of nitrogens with zero attached hydrogens (tertiary/aromatic N) is 2. The van der Waals surface area contributed by atoms with Crippen molar-refractivity contribution in [3.63, 3.8) is 0 Å². The molecule has 1 atom stereocenters. The van der Waals surface area contributed by atoms with Gasteiger partial charge in [0, 0.05) is 52.5 Å². The Morgan fingerprint density at radius 2 is 1.70 bits per heavy atom. The van der Waals surface area contributed by atoms with E-state index < -0.39 is 0 Å². The van der Waals surface area contributed by atoms with Crippen LogP contribution >= 0.6 is 12.9 Å². The van der Waals surface area contributed by atoms with E-state index in [2.05, 4.69) is 29.8 Å². The molecule has 1 fully saturated rings. The minimum absolute atomic E-state index is 0.0497. The molecule has 1 aliphatic heterocycles. The van der Waals surface area contributed by atoms with Crippen LogP contribution in [-0.4, -0.2) is 82.1 Å². The lowest BCUT2D eigenvalue weighted by Gasteiger charge is -2.33. The first kappa shape index (κ1) is 18.2. The van der Waals surface area contributed by atoms with Crippen molar-refractivity contribution >= 4 is 12.9 Å². The van der Waals surface area contributed by atoms with Gasteiger partial charge in [-0.3, -0.25) is 4.90 Å². The smallest absolute Gasteiger partial charge is 0.108 e. The molecule has 0 N–H and O–H groups in total. The molecule has 1 aliphatic rings. The van der Waals surface area contributed by atoms with E-state index in [9.17, 15) is 0 Å². The number of rotatable bonds is 11. The third-order valence-corrected chi connectivity index (χ3v) is 3.84. The lowest BCUT2D eigenvalue weighted by Crippen LogP contribution is -2.47. The Hall–Kier alpha value is 0.150. The van der Waals surface area contributed by atoms with E-state index in [0.29, 0.717) is 6.61 Å². The fourth-order valence-electron chi connectivity index (χ4n) is 2.20. The van der Waals surface area contributed by atoms with E-state index >= 15 is 0 Å². The van der Waals surface area contributed by atoms with Crippen molar-refractivity contribution in [3.8, 4) is 0 Å². The third-order valence-electron chi connectivity index (χ3n) is 3.54. The van der Waals surface area contributed by atoms with Gasteiger partial charge in [-0.05, 0) is 39.7 Å². The predicted octanol–water partition coefficient (Wildman–Crippen LogP) is 1.30. The number of hydrogen-bond donors (Lipinski definition) is 1. The zero-order valence-corrected chi connectivity index (χ0v) is 13.8. The maximum atomic E-state index is 5.66. The first-order valence-corrected chi connectivity index (χ1v) is 7.99. The highest BCUT2D eigenvalue weighted by molar-refractivity contribution is 7.75. The molecule has 0 amide bonds. The van der Waals surface area contributed by atoms with Crippen LogP contribution in [0.4, 0.5) is 0 Å². The van der Waals surface area contributed by atoms with Crippen LogP contribution in [0.5, 0.6) is 0 Å². The summed E-state index contributed by atoms with van der Waals surface area (Å²) in [5.74, 6) is 0. The largest absolute Gasteiger partial charge is 0.382 e. The Balaban J connectivity index is 2.01. The minimum Gasteiger partial charge on any atom is -0.382 e. The van der Waals surface area contributed by atoms with Gasteiger partial charge in [-0.15, -0.1) is 0 Å². The van der Waals surface area contributed by atoms with Gasteiger partial charge in [0.1, 0.15) is 6.10 Å². The van der Waals surface area contributed by atoms with Gasteiger partial charge < -0.3 is 18.6 Å². The maximum absolute atomic E-state index is 5.66. The van der Waals surface area contributed by atoms with Gasteiger partial charge in [0.15, 0.2) is 0 Å². The van der Waals surface area contributed by atoms with Gasteiger partial charge in [0.25, 0.3) is 0 Å². The summed E-state index contributed by atoms with van der Waals surface area (Å²) in [4.78, 5) is 4.77. The van der Waals surface area contributed by atoms with Crippen molar-refractivity contribution < 1.29 is 13.7 Å². The van der Waals surface area contributed by atoms with E-state index in [1.807, 2.05) is 6.92 Å². The molecule has 0 aromatic heterocycles. The molecule has 0 aromatic carbocycles. The van der Waals surface area contributed by atoms with E-state index in [-0.39, 0.29) is 6.10 Å². The molecule has 120 valence electrons. The highest BCUT2D eigenvalue weighted by atomic mass is 32.1. The third kappa shape index (κ3) is 8.44. The lowest BCUT2D eigenvalue weighted by molar-refractivity contribution is 0.0285. The van der Waals surface area contributed by atoms with E-state index in [0.717, 1.165) is 65.4 Å². The quantitative estimate of drug-likeness (QED) is 0.353. The molecule has 0 spiro atoms. The predicted molar refractivity (Wildman–Crippen MR) is 84.3 cm³/mol. The molecule has 1 rings (SSSR count). The Kier molecular flexibility index (Phi) is 10.7. The molecular formula is C14H30N2O3S. The summed E-state index contributed by atoms with van der Waals surface area (Å²) in [7, 11) is 2.16. The molecule has 6 heteroatoms. The van der Waals surface area contributed by atoms with Crippen LogP contribution in [0, 0.1) is 0 Å². The second-order valence-corrected chi connectivity index (χ2v) is 5.52. The number of piperazine rings is 1. The topological polar surface area (TPSA) is 34.2 Å². The fraction of sp³-hybridized carbons (Fsp3) is 1.00. The number of likely N-dealkylation sites (N-methyl/N-ethyl adjacent to an activating group) is 1. The standard InChI is InChI=1S/C14H30N2O3S/c1-3-17-10-4-5-11-18-13-14(19-20)12-16-8-6-15(2)7-9-16/h14,20H,3-13H2,1-2H3. The van der Waals surface area contributed by atoms with Crippen molar-refractivity contribution in [1.29, 1.82) is 0 Å². The zero-order valence-electron chi connectivity index (χ0n) is 12.9. The summed E-state index contributed by atoms with van der Waals surface area (Å²) in [6.07, 6.45) is 2.14. The van der Waals surface area contributed by atoms with E-state index in [1.165, 1.54) is 0 Å². The number of ether oxygens (including phenoxy) is 2. The van der Waals surface area contributed by atoms with Crippen molar-refractivity contribution in [1.82, 2.24) is 9.80 Å². The maximum Gasteiger partial charge on any atom is 0.108 e. The van der Waals surface area contributed by atoms with Crippen molar-refractivity contribution in [2.24, 2.45) is 0 Å². The van der Waals surface area contributed by atoms with Gasteiger partial charge in [0.2, 0.25) is 0 Å². The van der Waals surface area contributed by atoms with Gasteiger partial charge in [-0.1, -0.05) is 0 Å². The molecule has 5 nitrogen and oxygen atoms in total. The Labute approximate surface area is 129 Å². The highest BCUT2D eigenvalue weighted by Crippen LogP contribution is 2.05. The molecule has 1 heterocycles. The number of unbranched alkanes of at least 4 members (excludes halogenated alkanes) is 1. The van der Waals surface area contributed by atoms with Crippen LogP contribution in [-0.2, 0) is 13.7 Å². The van der Waals surface area contributed by atoms with E-state index in [4.69, 9.17) is 13.7 Å². The van der Waals surface area contributed by atoms with Crippen molar-refractivity contribution in [2.75, 3.05) is 66.2 Å². The van der Waals surface area contributed by atoms with Crippen molar-refractivity contribution in [3.05, 3.63) is 0 Å². The van der Waals surface area contributed by atoms with Crippen LogP contribution in [0.2, 0.25) is 0 Å². The van der Waals surface area contributed by atoms with Crippen LogP contribution in [0.15, 0.2) is 0 Å². The Bertz CT molecular complexity index is 226. The first-order chi connectivity index (χ1) is 9.76. The van der Waals surface area contributed by atoms with Crippen molar-refractivity contribution in [2.45, 2.75) is 25.9 Å². The van der Waals surface area contributed by atoms with Gasteiger partial charge in [-0.25, -0.2) is 0 Å². The summed E-state index contributed by atoms with van der Waals surface area (Å²) < 4.78 is 16.2. The Morgan fingerprint density at radius 1 is 1.05 bits per heavy atom. The minimum atomic E-state index is 0.0497. The fourth-order valence-corrected chi connectivity index (χ4v) is 2.33. The second-order valence-electron chi connectivity index (χ2n) is 5.31. The Morgan fingerprint density at radius 3 is 2.30 bits per heavy atom. The molecule has 0 saturated carbocycles. The van der Waals surface area contributed by atoms with Crippen LogP contribution in [0.1, 0.15) is 19.8 Å². The molecule has 0 aliphatic carbocycles. The summed E-state index contributed by atoms with van der Waals surface area (Å²) in [5.41, 5.74) is 0. The highest BCUT2D eigenvalue weighted by Gasteiger charge is 2.18. The molecule has 20 heavy (non-hydrogen) atoms. The number of hydrogen-bond acceptors (Lipinski definition) is 6. The van der Waals surface area contributed by atoms with Gasteiger partial charge in [-0.2, -0.15) is 0 Å². The van der Waals surface area contributed by atoms with Gasteiger partial charge >= 0.3 is 0 Å². The zero-order chi connectivity index (χ0) is 14.6. The molecular weight excluding hydrogens is 276 g/mol. The second kappa shape index (κ2) is 11.8. The normalized spacial score (nSPS) is 19.4. The molecule has 1 saturated heterocycles.